The molecule has 1 aromatic heterocycles. The van der Waals surface area contributed by atoms with Crippen molar-refractivity contribution in [1.82, 2.24) is 5.32 Å². The van der Waals surface area contributed by atoms with Crippen LogP contribution in [0.25, 0.3) is 0 Å². The molecular formula is C13H13BrClNOS. The van der Waals surface area contributed by atoms with E-state index in [1.54, 1.807) is 17.4 Å². The molecular weight excluding hydrogens is 334 g/mol. The van der Waals surface area contributed by atoms with Crippen LogP contribution in [0.5, 0.6) is 5.75 Å². The second-order valence-electron chi connectivity index (χ2n) is 3.91. The highest BCUT2D eigenvalue weighted by atomic mass is 79.9. The summed E-state index contributed by atoms with van der Waals surface area (Å²) in [6.07, 6.45) is 0.951. The Labute approximate surface area is 124 Å². The lowest BCUT2D eigenvalue weighted by Gasteiger charge is -2.06. The summed E-state index contributed by atoms with van der Waals surface area (Å²) in [5.74, 6) is 0.324. The maximum Gasteiger partial charge on any atom is 0.120 e. The first kappa shape index (κ1) is 13.9. The molecule has 0 unspecified atom stereocenters. The van der Waals surface area contributed by atoms with Crippen molar-refractivity contribution in [2.45, 2.75) is 13.0 Å². The van der Waals surface area contributed by atoms with Crippen molar-refractivity contribution in [3.8, 4) is 5.75 Å². The van der Waals surface area contributed by atoms with E-state index < -0.39 is 0 Å². The molecule has 0 saturated heterocycles. The van der Waals surface area contributed by atoms with Crippen LogP contribution in [0.15, 0.2) is 34.8 Å². The molecule has 0 bridgehead atoms. The van der Waals surface area contributed by atoms with Crippen molar-refractivity contribution in [3.05, 3.63) is 49.6 Å². The van der Waals surface area contributed by atoms with Gasteiger partial charge >= 0.3 is 0 Å². The molecule has 0 amide bonds. The Hall–Kier alpha value is -0.550. The minimum Gasteiger partial charge on any atom is -0.508 e. The van der Waals surface area contributed by atoms with Crippen LogP contribution in [-0.2, 0) is 13.0 Å². The van der Waals surface area contributed by atoms with Crippen molar-refractivity contribution in [3.63, 3.8) is 0 Å². The molecule has 0 fully saturated rings. The molecule has 18 heavy (non-hydrogen) atoms. The molecule has 2 rings (SSSR count). The highest BCUT2D eigenvalue weighted by Gasteiger charge is 2.02. The lowest BCUT2D eigenvalue weighted by atomic mass is 10.2. The number of aromatic hydroxyl groups is 1. The van der Waals surface area contributed by atoms with Crippen molar-refractivity contribution >= 4 is 38.9 Å². The number of halogens is 2. The monoisotopic (exact) mass is 345 g/mol. The topological polar surface area (TPSA) is 32.3 Å². The molecule has 96 valence electrons. The van der Waals surface area contributed by atoms with Crippen LogP contribution >= 0.6 is 38.9 Å². The average molecular weight is 347 g/mol. The maximum atomic E-state index is 9.68. The van der Waals surface area contributed by atoms with Gasteiger partial charge in [0.15, 0.2) is 0 Å². The molecule has 0 atom stereocenters. The summed E-state index contributed by atoms with van der Waals surface area (Å²) < 4.78 is 1.80. The normalized spacial score (nSPS) is 10.8. The van der Waals surface area contributed by atoms with E-state index in [4.69, 9.17) is 11.6 Å². The van der Waals surface area contributed by atoms with E-state index in [1.807, 2.05) is 24.3 Å². The van der Waals surface area contributed by atoms with E-state index in [-0.39, 0.29) is 0 Å². The molecule has 0 saturated carbocycles. The van der Waals surface area contributed by atoms with Crippen LogP contribution in [0.3, 0.4) is 0 Å². The second kappa shape index (κ2) is 6.57. The zero-order chi connectivity index (χ0) is 13.0. The van der Waals surface area contributed by atoms with Crippen LogP contribution < -0.4 is 5.32 Å². The zero-order valence-corrected chi connectivity index (χ0v) is 12.8. The molecule has 0 radical (unpaired) electrons. The first-order chi connectivity index (χ1) is 8.65. The van der Waals surface area contributed by atoms with Gasteiger partial charge in [0.25, 0.3) is 0 Å². The van der Waals surface area contributed by atoms with Crippen molar-refractivity contribution in [2.75, 3.05) is 6.54 Å². The number of thiophene rings is 1. The largest absolute Gasteiger partial charge is 0.508 e. The fraction of sp³-hybridized carbons (Fsp3) is 0.231. The standard InChI is InChI=1S/C13H13BrClNOS/c14-10-1-3-12(17)9(7-10)8-16-6-5-11-2-4-13(15)18-11/h1-4,7,16-17H,5-6,8H2. The number of rotatable bonds is 5. The highest BCUT2D eigenvalue weighted by molar-refractivity contribution is 9.10. The van der Waals surface area contributed by atoms with Crippen LogP contribution in [0.4, 0.5) is 0 Å². The molecule has 0 aliphatic carbocycles. The number of phenols is 1. The second-order valence-corrected chi connectivity index (χ2v) is 6.62. The minimum atomic E-state index is 0.324. The molecule has 0 aliphatic rings. The number of nitrogens with one attached hydrogen (secondary N) is 1. The van der Waals surface area contributed by atoms with Gasteiger partial charge in [0.1, 0.15) is 5.75 Å². The predicted molar refractivity (Wildman–Crippen MR) is 80.5 cm³/mol. The van der Waals surface area contributed by atoms with Gasteiger partial charge in [-0.3, -0.25) is 0 Å². The number of phenolic OH excluding ortho intramolecular Hbond substituents is 1. The van der Waals surface area contributed by atoms with E-state index in [9.17, 15) is 5.11 Å². The summed E-state index contributed by atoms with van der Waals surface area (Å²) >= 11 is 10.9. The molecule has 1 heterocycles. The summed E-state index contributed by atoms with van der Waals surface area (Å²) in [6, 6.07) is 9.41. The van der Waals surface area contributed by atoms with Gasteiger partial charge in [0.05, 0.1) is 4.34 Å². The van der Waals surface area contributed by atoms with Gasteiger partial charge in [-0.1, -0.05) is 27.5 Å². The molecule has 2 nitrogen and oxygen atoms in total. The minimum absolute atomic E-state index is 0.324. The van der Waals surface area contributed by atoms with Gasteiger partial charge in [-0.25, -0.2) is 0 Å². The third-order valence-electron chi connectivity index (χ3n) is 2.53. The third kappa shape index (κ3) is 3.99. The summed E-state index contributed by atoms with van der Waals surface area (Å²) in [7, 11) is 0. The molecule has 0 aliphatic heterocycles. The van der Waals surface area contributed by atoms with E-state index in [1.165, 1.54) is 4.88 Å². The van der Waals surface area contributed by atoms with Gasteiger partial charge in [-0.15, -0.1) is 11.3 Å². The fourth-order valence-corrected chi connectivity index (χ4v) is 3.11. The van der Waals surface area contributed by atoms with Crippen LogP contribution in [0.1, 0.15) is 10.4 Å². The Bertz CT molecular complexity index is 529. The SMILES string of the molecule is Oc1ccc(Br)cc1CNCCc1ccc(Cl)s1. The van der Waals surface area contributed by atoms with Gasteiger partial charge in [-0.2, -0.15) is 0 Å². The lowest BCUT2D eigenvalue weighted by Crippen LogP contribution is -2.16. The smallest absolute Gasteiger partial charge is 0.120 e. The molecule has 5 heteroatoms. The molecule has 1 aromatic carbocycles. The molecule has 2 aromatic rings. The van der Waals surface area contributed by atoms with Crippen molar-refractivity contribution in [2.24, 2.45) is 0 Å². The number of benzene rings is 1. The van der Waals surface area contributed by atoms with E-state index in [0.717, 1.165) is 27.3 Å². The predicted octanol–water partition coefficient (Wildman–Crippen LogP) is 4.20. The number of hydrogen-bond acceptors (Lipinski definition) is 3. The van der Waals surface area contributed by atoms with Crippen LogP contribution in [-0.4, -0.2) is 11.7 Å². The molecule has 0 spiro atoms. The van der Waals surface area contributed by atoms with Crippen LogP contribution in [0.2, 0.25) is 4.34 Å². The van der Waals surface area contributed by atoms with Gasteiger partial charge < -0.3 is 10.4 Å². The third-order valence-corrected chi connectivity index (χ3v) is 4.32. The summed E-state index contributed by atoms with van der Waals surface area (Å²) in [5, 5.41) is 13.0. The Kier molecular flexibility index (Phi) is 5.06. The van der Waals surface area contributed by atoms with Crippen molar-refractivity contribution in [1.29, 1.82) is 0 Å². The Balaban J connectivity index is 1.80. The quantitative estimate of drug-likeness (QED) is 0.795. The van der Waals surface area contributed by atoms with Gasteiger partial charge in [0.2, 0.25) is 0 Å². The Morgan fingerprint density at radius 3 is 2.83 bits per heavy atom. The van der Waals surface area contributed by atoms with Gasteiger partial charge in [0, 0.05) is 28.0 Å². The highest BCUT2D eigenvalue weighted by Crippen LogP contribution is 2.22. The lowest BCUT2D eigenvalue weighted by molar-refractivity contribution is 0.464. The van der Waals surface area contributed by atoms with E-state index >= 15 is 0 Å². The van der Waals surface area contributed by atoms with Gasteiger partial charge in [-0.05, 0) is 36.8 Å². The maximum absolute atomic E-state index is 9.68. The fourth-order valence-electron chi connectivity index (χ4n) is 1.62. The first-order valence-corrected chi connectivity index (χ1v) is 7.56. The summed E-state index contributed by atoms with van der Waals surface area (Å²) in [5.41, 5.74) is 0.897. The van der Waals surface area contributed by atoms with Crippen LogP contribution in [0, 0.1) is 0 Å². The number of hydrogen-bond donors (Lipinski definition) is 2. The Morgan fingerprint density at radius 1 is 1.28 bits per heavy atom. The zero-order valence-electron chi connectivity index (χ0n) is 9.62. The van der Waals surface area contributed by atoms with E-state index in [0.29, 0.717) is 12.3 Å². The van der Waals surface area contributed by atoms with E-state index in [2.05, 4.69) is 21.2 Å². The van der Waals surface area contributed by atoms with Crippen molar-refractivity contribution < 1.29 is 5.11 Å². The Morgan fingerprint density at radius 2 is 2.11 bits per heavy atom. The average Bonchev–Trinajstić information content (AvgIpc) is 2.75. The summed E-state index contributed by atoms with van der Waals surface area (Å²) in [4.78, 5) is 1.27. The molecule has 2 N–H and O–H groups in total. The first-order valence-electron chi connectivity index (χ1n) is 5.57. The summed E-state index contributed by atoms with van der Waals surface area (Å²) in [6.45, 7) is 1.52.